The largest absolute Gasteiger partial charge is 0.312 e. The molecule has 0 aliphatic heterocycles. The fraction of sp³-hybridized carbons (Fsp3) is 0.429. The molecule has 0 aliphatic carbocycles. The van der Waals surface area contributed by atoms with E-state index in [-0.39, 0.29) is 0 Å². The van der Waals surface area contributed by atoms with Crippen LogP contribution in [0.4, 0.5) is 0 Å². The molecule has 0 amide bonds. The third kappa shape index (κ3) is 4.23. The lowest BCUT2D eigenvalue weighted by Crippen LogP contribution is -2.19. The van der Waals surface area contributed by atoms with Crippen LogP contribution in [0.25, 0.3) is 0 Å². The molecule has 0 spiro atoms. The summed E-state index contributed by atoms with van der Waals surface area (Å²) in [5, 5.41) is 9.09. The minimum Gasteiger partial charge on any atom is -0.312 e. The highest BCUT2D eigenvalue weighted by molar-refractivity contribution is 7.99. The van der Waals surface area contributed by atoms with Crippen molar-refractivity contribution in [3.05, 3.63) is 35.1 Å². The molecule has 0 unspecified atom stereocenters. The van der Waals surface area contributed by atoms with Gasteiger partial charge in [-0.1, -0.05) is 43.3 Å². The fourth-order valence-electron chi connectivity index (χ4n) is 1.71. The first-order chi connectivity index (χ1) is 9.56. The van der Waals surface area contributed by atoms with Crippen molar-refractivity contribution in [3.8, 4) is 0 Å². The number of benzene rings is 1. The summed E-state index contributed by atoms with van der Waals surface area (Å²) in [5.41, 5.74) is 1.12. The summed E-state index contributed by atoms with van der Waals surface area (Å²) >= 11 is 7.89. The predicted octanol–water partition coefficient (Wildman–Crippen LogP) is 3.37. The monoisotopic (exact) mass is 310 g/mol. The topological polar surface area (TPSA) is 42.7 Å². The van der Waals surface area contributed by atoms with Gasteiger partial charge in [-0.05, 0) is 30.2 Å². The summed E-state index contributed by atoms with van der Waals surface area (Å²) in [4.78, 5) is 5.26. The standard InChI is InChI=1S/C14H19ClN4S/c1-10(2)7-16-8-11-4-5-12(6-13(11)15)20-14-17-9-18-19(14)3/h4-6,9-10,16H,7-8H2,1-3H3. The molecule has 2 aromatic rings. The van der Waals surface area contributed by atoms with Crippen LogP contribution >= 0.6 is 23.4 Å². The van der Waals surface area contributed by atoms with Crippen LogP contribution in [0.5, 0.6) is 0 Å². The third-order valence-corrected chi connectivity index (χ3v) is 4.17. The number of halogens is 1. The van der Waals surface area contributed by atoms with E-state index in [4.69, 9.17) is 11.6 Å². The van der Waals surface area contributed by atoms with E-state index < -0.39 is 0 Å². The molecule has 108 valence electrons. The Labute approximate surface area is 128 Å². The highest BCUT2D eigenvalue weighted by Gasteiger charge is 2.07. The van der Waals surface area contributed by atoms with Gasteiger partial charge in [-0.3, -0.25) is 0 Å². The molecule has 0 radical (unpaired) electrons. The van der Waals surface area contributed by atoms with Crippen molar-refractivity contribution in [1.29, 1.82) is 0 Å². The minimum atomic E-state index is 0.638. The van der Waals surface area contributed by atoms with Crippen LogP contribution in [0.2, 0.25) is 5.02 Å². The zero-order valence-electron chi connectivity index (χ0n) is 11.9. The summed E-state index contributed by atoms with van der Waals surface area (Å²) < 4.78 is 1.75. The summed E-state index contributed by atoms with van der Waals surface area (Å²) in [5.74, 6) is 0.638. The number of aryl methyl sites for hydroxylation is 1. The summed E-state index contributed by atoms with van der Waals surface area (Å²) in [7, 11) is 1.88. The molecule has 2 rings (SSSR count). The predicted molar refractivity (Wildman–Crippen MR) is 83.1 cm³/mol. The maximum absolute atomic E-state index is 6.33. The average molecular weight is 311 g/mol. The Morgan fingerprint density at radius 2 is 2.20 bits per heavy atom. The van der Waals surface area contributed by atoms with Gasteiger partial charge in [-0.15, -0.1) is 0 Å². The van der Waals surface area contributed by atoms with Gasteiger partial charge in [0, 0.05) is 23.5 Å². The van der Waals surface area contributed by atoms with Crippen molar-refractivity contribution < 1.29 is 0 Å². The number of nitrogens with zero attached hydrogens (tertiary/aromatic N) is 3. The van der Waals surface area contributed by atoms with E-state index in [2.05, 4.69) is 41.4 Å². The second kappa shape index (κ2) is 7.11. The first-order valence-electron chi connectivity index (χ1n) is 6.57. The van der Waals surface area contributed by atoms with Crippen LogP contribution in [-0.4, -0.2) is 21.3 Å². The van der Waals surface area contributed by atoms with Crippen molar-refractivity contribution in [2.45, 2.75) is 30.4 Å². The average Bonchev–Trinajstić information content (AvgIpc) is 2.77. The summed E-state index contributed by atoms with van der Waals surface area (Å²) in [6, 6.07) is 6.11. The molecule has 0 bridgehead atoms. The zero-order valence-corrected chi connectivity index (χ0v) is 13.5. The number of rotatable bonds is 6. The Hall–Kier alpha value is -1.04. The Kier molecular flexibility index (Phi) is 5.46. The molecule has 6 heteroatoms. The van der Waals surface area contributed by atoms with E-state index in [0.29, 0.717) is 5.92 Å². The molecule has 20 heavy (non-hydrogen) atoms. The lowest BCUT2D eigenvalue weighted by molar-refractivity contribution is 0.552. The van der Waals surface area contributed by atoms with Crippen LogP contribution in [0.15, 0.2) is 34.6 Å². The number of hydrogen-bond donors (Lipinski definition) is 1. The lowest BCUT2D eigenvalue weighted by Gasteiger charge is -2.10. The molecule has 1 heterocycles. The second-order valence-electron chi connectivity index (χ2n) is 5.05. The number of hydrogen-bond acceptors (Lipinski definition) is 4. The first kappa shape index (κ1) is 15.4. The maximum Gasteiger partial charge on any atom is 0.190 e. The molecule has 0 saturated heterocycles. The Bertz CT molecular complexity index is 568. The van der Waals surface area contributed by atoms with Gasteiger partial charge in [0.05, 0.1) is 0 Å². The molecule has 0 saturated carbocycles. The quantitative estimate of drug-likeness (QED) is 0.888. The SMILES string of the molecule is CC(C)CNCc1ccc(Sc2ncnn2C)cc1Cl. The van der Waals surface area contributed by atoms with Gasteiger partial charge in [0.2, 0.25) is 0 Å². The lowest BCUT2D eigenvalue weighted by atomic mass is 10.2. The molecule has 0 aliphatic rings. The van der Waals surface area contributed by atoms with E-state index in [9.17, 15) is 0 Å². The molecule has 4 nitrogen and oxygen atoms in total. The summed E-state index contributed by atoms with van der Waals surface area (Å²) in [6.07, 6.45) is 1.55. The van der Waals surface area contributed by atoms with Crippen molar-refractivity contribution in [2.24, 2.45) is 13.0 Å². The van der Waals surface area contributed by atoms with E-state index >= 15 is 0 Å². The maximum atomic E-state index is 6.33. The Morgan fingerprint density at radius 3 is 2.80 bits per heavy atom. The van der Waals surface area contributed by atoms with Crippen molar-refractivity contribution in [1.82, 2.24) is 20.1 Å². The van der Waals surface area contributed by atoms with Crippen molar-refractivity contribution in [2.75, 3.05) is 6.54 Å². The van der Waals surface area contributed by atoms with Gasteiger partial charge >= 0.3 is 0 Å². The molecule has 1 aromatic carbocycles. The highest BCUT2D eigenvalue weighted by Crippen LogP contribution is 2.29. The van der Waals surface area contributed by atoms with E-state index in [1.807, 2.05) is 13.1 Å². The normalized spacial score (nSPS) is 11.2. The molecular formula is C14H19ClN4S. The van der Waals surface area contributed by atoms with Gasteiger partial charge in [-0.25, -0.2) is 9.67 Å². The summed E-state index contributed by atoms with van der Waals surface area (Å²) in [6.45, 7) is 6.17. The van der Waals surface area contributed by atoms with Crippen LogP contribution in [0, 0.1) is 5.92 Å². The molecule has 0 atom stereocenters. The van der Waals surface area contributed by atoms with E-state index in [1.165, 1.54) is 0 Å². The zero-order chi connectivity index (χ0) is 14.5. The van der Waals surface area contributed by atoms with Crippen LogP contribution in [0.3, 0.4) is 0 Å². The van der Waals surface area contributed by atoms with Gasteiger partial charge in [0.25, 0.3) is 0 Å². The number of nitrogens with one attached hydrogen (secondary N) is 1. The van der Waals surface area contributed by atoms with E-state index in [1.54, 1.807) is 22.8 Å². The fourth-order valence-corrected chi connectivity index (χ4v) is 2.83. The van der Waals surface area contributed by atoms with Gasteiger partial charge in [0.15, 0.2) is 5.16 Å². The van der Waals surface area contributed by atoms with Gasteiger partial charge in [-0.2, -0.15) is 5.10 Å². The van der Waals surface area contributed by atoms with Crippen LogP contribution in [-0.2, 0) is 13.6 Å². The smallest absolute Gasteiger partial charge is 0.190 e. The number of aromatic nitrogens is 3. The van der Waals surface area contributed by atoms with Crippen molar-refractivity contribution >= 4 is 23.4 Å². The molecule has 0 fully saturated rings. The van der Waals surface area contributed by atoms with Gasteiger partial charge < -0.3 is 5.32 Å². The van der Waals surface area contributed by atoms with Crippen molar-refractivity contribution in [3.63, 3.8) is 0 Å². The molecule has 1 N–H and O–H groups in total. The van der Waals surface area contributed by atoms with E-state index in [0.717, 1.165) is 33.7 Å². The first-order valence-corrected chi connectivity index (χ1v) is 7.76. The van der Waals surface area contributed by atoms with Crippen LogP contribution < -0.4 is 5.32 Å². The van der Waals surface area contributed by atoms with Gasteiger partial charge in [0.1, 0.15) is 6.33 Å². The highest BCUT2D eigenvalue weighted by atomic mass is 35.5. The Morgan fingerprint density at radius 1 is 1.40 bits per heavy atom. The van der Waals surface area contributed by atoms with Crippen LogP contribution in [0.1, 0.15) is 19.4 Å². The molecule has 1 aromatic heterocycles. The Balaban J connectivity index is 2.00. The second-order valence-corrected chi connectivity index (χ2v) is 6.49. The molecular weight excluding hydrogens is 292 g/mol. The minimum absolute atomic E-state index is 0.638. The third-order valence-electron chi connectivity index (χ3n) is 2.77.